The van der Waals surface area contributed by atoms with Gasteiger partial charge in [-0.1, -0.05) is 85.3 Å². The second kappa shape index (κ2) is 12.7. The van der Waals surface area contributed by atoms with E-state index < -0.39 is 5.41 Å². The van der Waals surface area contributed by atoms with E-state index in [1.165, 1.54) is 16.5 Å². The molecule has 1 fully saturated rings. The highest BCUT2D eigenvalue weighted by Gasteiger charge is 2.48. The van der Waals surface area contributed by atoms with Crippen LogP contribution in [0.1, 0.15) is 36.0 Å². The minimum atomic E-state index is -0.708. The zero-order valence-electron chi connectivity index (χ0n) is 25.9. The van der Waals surface area contributed by atoms with Crippen molar-refractivity contribution in [1.82, 2.24) is 15.2 Å². The van der Waals surface area contributed by atoms with Crippen molar-refractivity contribution in [2.24, 2.45) is 0 Å². The van der Waals surface area contributed by atoms with Crippen LogP contribution in [0.5, 0.6) is 5.75 Å². The third-order valence-electron chi connectivity index (χ3n) is 9.62. The number of hydrogen-bond acceptors (Lipinski definition) is 5. The van der Waals surface area contributed by atoms with Gasteiger partial charge < -0.3 is 15.0 Å². The highest BCUT2D eigenvalue weighted by Crippen LogP contribution is 2.51. The summed E-state index contributed by atoms with van der Waals surface area (Å²) in [7, 11) is 1.67. The maximum atomic E-state index is 14.4. The van der Waals surface area contributed by atoms with Crippen LogP contribution in [0.4, 0.5) is 5.82 Å². The number of amides is 1. The normalized spacial score (nSPS) is 15.4. The van der Waals surface area contributed by atoms with Gasteiger partial charge in [0, 0.05) is 38.1 Å². The fraction of sp³-hybridized carbons (Fsp3) is 0.282. The van der Waals surface area contributed by atoms with E-state index in [0.29, 0.717) is 6.54 Å². The van der Waals surface area contributed by atoms with Crippen molar-refractivity contribution in [1.29, 1.82) is 0 Å². The van der Waals surface area contributed by atoms with Crippen LogP contribution < -0.4 is 15.0 Å². The number of piperazine rings is 1. The number of fused-ring (bicyclic) bond motifs is 4. The fourth-order valence-corrected chi connectivity index (χ4v) is 7.19. The monoisotopic (exact) mass is 596 g/mol. The summed E-state index contributed by atoms with van der Waals surface area (Å²) >= 11 is 0. The second-order valence-electron chi connectivity index (χ2n) is 12.2. The molecule has 228 valence electrons. The maximum Gasteiger partial charge on any atom is 0.235 e. The van der Waals surface area contributed by atoms with E-state index in [1.54, 1.807) is 7.11 Å². The summed E-state index contributed by atoms with van der Waals surface area (Å²) in [6, 6.07) is 37.5. The minimum absolute atomic E-state index is 0.0761. The molecule has 0 saturated carbocycles. The van der Waals surface area contributed by atoms with Gasteiger partial charge in [0.1, 0.15) is 17.0 Å². The molecule has 0 spiro atoms. The number of nitrogens with zero attached hydrogens (tertiary/aromatic N) is 3. The molecule has 2 heterocycles. The van der Waals surface area contributed by atoms with E-state index in [9.17, 15) is 4.79 Å². The SMILES string of the molecule is COc1ccc(CNC(=O)C2(CCCCN3CCN(c4ccc5ccccc5n4)CC3)c3ccccc3-c3ccccc32)cc1. The van der Waals surface area contributed by atoms with E-state index in [4.69, 9.17) is 9.72 Å². The summed E-state index contributed by atoms with van der Waals surface area (Å²) in [5.74, 6) is 1.95. The molecule has 0 radical (unpaired) electrons. The Kier molecular flexibility index (Phi) is 8.23. The van der Waals surface area contributed by atoms with Crippen molar-refractivity contribution < 1.29 is 9.53 Å². The van der Waals surface area contributed by atoms with Gasteiger partial charge in [0.25, 0.3) is 0 Å². The Labute approximate surface area is 265 Å². The number of benzene rings is 4. The van der Waals surface area contributed by atoms with Gasteiger partial charge in [-0.25, -0.2) is 4.98 Å². The molecule has 1 aliphatic heterocycles. The van der Waals surface area contributed by atoms with Crippen LogP contribution >= 0.6 is 0 Å². The van der Waals surface area contributed by atoms with Crippen molar-refractivity contribution in [2.75, 3.05) is 44.7 Å². The standard InChI is InChI=1S/C39H40N4O2/c1-45-31-19-16-29(17-20-31)28-40-38(44)39(34-13-5-3-11-32(34)33-12-4-6-14-35(33)39)22-8-9-23-42-24-26-43(27-25-42)37-21-18-30-10-2-7-15-36(30)41-37/h2-7,10-21H,8-9,22-28H2,1H3,(H,40,44). The molecule has 1 aliphatic carbocycles. The molecule has 5 aromatic rings. The Hall–Kier alpha value is -4.68. The zero-order chi connectivity index (χ0) is 30.6. The lowest BCUT2D eigenvalue weighted by atomic mass is 9.73. The highest BCUT2D eigenvalue weighted by molar-refractivity contribution is 6.00. The van der Waals surface area contributed by atoms with Crippen LogP contribution in [0.15, 0.2) is 109 Å². The highest BCUT2D eigenvalue weighted by atomic mass is 16.5. The molecule has 7 rings (SSSR count). The molecule has 1 amide bonds. The number of methoxy groups -OCH3 is 1. The zero-order valence-corrected chi connectivity index (χ0v) is 25.9. The number of anilines is 1. The number of carbonyl (C=O) groups excluding carboxylic acids is 1. The average molecular weight is 597 g/mol. The number of para-hydroxylation sites is 1. The van der Waals surface area contributed by atoms with Crippen molar-refractivity contribution in [3.8, 4) is 16.9 Å². The van der Waals surface area contributed by atoms with Gasteiger partial charge in [-0.3, -0.25) is 9.69 Å². The van der Waals surface area contributed by atoms with Crippen molar-refractivity contribution in [3.05, 3.63) is 126 Å². The van der Waals surface area contributed by atoms with Gasteiger partial charge in [0.2, 0.25) is 5.91 Å². The number of unbranched alkanes of at least 4 members (excludes halogenated alkanes) is 1. The van der Waals surface area contributed by atoms with E-state index in [1.807, 2.05) is 24.3 Å². The number of carbonyl (C=O) groups is 1. The molecule has 2 aliphatic rings. The molecule has 0 atom stereocenters. The number of aromatic nitrogens is 1. The van der Waals surface area contributed by atoms with Crippen molar-refractivity contribution in [2.45, 2.75) is 31.2 Å². The molecule has 1 aromatic heterocycles. The Morgan fingerprint density at radius 2 is 1.44 bits per heavy atom. The molecule has 1 saturated heterocycles. The van der Waals surface area contributed by atoms with Crippen molar-refractivity contribution in [3.63, 3.8) is 0 Å². The second-order valence-corrected chi connectivity index (χ2v) is 12.2. The van der Waals surface area contributed by atoms with Crippen LogP contribution in [-0.4, -0.2) is 55.6 Å². The van der Waals surface area contributed by atoms with Crippen LogP contribution in [0, 0.1) is 0 Å². The van der Waals surface area contributed by atoms with E-state index in [-0.39, 0.29) is 5.91 Å². The van der Waals surface area contributed by atoms with Gasteiger partial charge in [-0.05, 0) is 77.5 Å². The van der Waals surface area contributed by atoms with Crippen LogP contribution in [0.3, 0.4) is 0 Å². The third-order valence-corrected chi connectivity index (χ3v) is 9.62. The Bertz CT molecular complexity index is 1750. The lowest BCUT2D eigenvalue weighted by Crippen LogP contribution is -2.47. The maximum absolute atomic E-state index is 14.4. The molecule has 6 heteroatoms. The van der Waals surface area contributed by atoms with E-state index >= 15 is 0 Å². The van der Waals surface area contributed by atoms with Gasteiger partial charge in [0.15, 0.2) is 0 Å². The first kappa shape index (κ1) is 29.1. The molecule has 0 bridgehead atoms. The Balaban J connectivity index is 1.02. The van der Waals surface area contributed by atoms with E-state index in [0.717, 1.165) is 85.8 Å². The number of rotatable bonds is 10. The van der Waals surface area contributed by atoms with Crippen LogP contribution in [0.25, 0.3) is 22.0 Å². The Morgan fingerprint density at radius 1 is 0.778 bits per heavy atom. The summed E-state index contributed by atoms with van der Waals surface area (Å²) in [5.41, 5.74) is 5.98. The fourth-order valence-electron chi connectivity index (χ4n) is 7.19. The van der Waals surface area contributed by atoms with Gasteiger partial charge in [-0.15, -0.1) is 0 Å². The number of hydrogen-bond donors (Lipinski definition) is 1. The molecular formula is C39H40N4O2. The summed E-state index contributed by atoms with van der Waals surface area (Å²) in [6.45, 7) is 5.51. The number of pyridine rings is 1. The lowest BCUT2D eigenvalue weighted by molar-refractivity contribution is -0.125. The summed E-state index contributed by atoms with van der Waals surface area (Å²) in [5, 5.41) is 4.50. The first-order valence-corrected chi connectivity index (χ1v) is 16.1. The quantitative estimate of drug-likeness (QED) is 0.179. The summed E-state index contributed by atoms with van der Waals surface area (Å²) in [6.07, 6.45) is 2.79. The predicted octanol–water partition coefficient (Wildman–Crippen LogP) is 6.82. The topological polar surface area (TPSA) is 57.7 Å². The summed E-state index contributed by atoms with van der Waals surface area (Å²) < 4.78 is 5.31. The van der Waals surface area contributed by atoms with Gasteiger partial charge in [-0.2, -0.15) is 0 Å². The van der Waals surface area contributed by atoms with E-state index in [2.05, 4.69) is 100 Å². The van der Waals surface area contributed by atoms with Crippen LogP contribution in [0.2, 0.25) is 0 Å². The predicted molar refractivity (Wildman–Crippen MR) is 182 cm³/mol. The lowest BCUT2D eigenvalue weighted by Gasteiger charge is -2.36. The summed E-state index contributed by atoms with van der Waals surface area (Å²) in [4.78, 5) is 24.3. The largest absolute Gasteiger partial charge is 0.497 e. The number of nitrogens with one attached hydrogen (secondary N) is 1. The Morgan fingerprint density at radius 3 is 2.16 bits per heavy atom. The third kappa shape index (κ3) is 5.67. The minimum Gasteiger partial charge on any atom is -0.497 e. The smallest absolute Gasteiger partial charge is 0.235 e. The molecule has 45 heavy (non-hydrogen) atoms. The first-order valence-electron chi connectivity index (χ1n) is 16.1. The number of ether oxygens (including phenoxy) is 1. The van der Waals surface area contributed by atoms with Crippen LogP contribution in [-0.2, 0) is 16.8 Å². The molecule has 0 unspecified atom stereocenters. The molecule has 4 aromatic carbocycles. The van der Waals surface area contributed by atoms with Crippen molar-refractivity contribution >= 4 is 22.6 Å². The first-order chi connectivity index (χ1) is 22.2. The molecule has 1 N–H and O–H groups in total. The van der Waals surface area contributed by atoms with Gasteiger partial charge in [0.05, 0.1) is 12.6 Å². The average Bonchev–Trinajstić information content (AvgIpc) is 3.40. The van der Waals surface area contributed by atoms with Gasteiger partial charge >= 0.3 is 0 Å². The molecule has 6 nitrogen and oxygen atoms in total. The molecular weight excluding hydrogens is 556 g/mol.